The summed E-state index contributed by atoms with van der Waals surface area (Å²) in [6.07, 6.45) is 0. The summed E-state index contributed by atoms with van der Waals surface area (Å²) < 4.78 is 18.7. The van der Waals surface area contributed by atoms with Gasteiger partial charge in [0.2, 0.25) is 0 Å². The molecule has 2 aromatic rings. The lowest BCUT2D eigenvalue weighted by Crippen LogP contribution is -1.95. The van der Waals surface area contributed by atoms with Crippen molar-refractivity contribution in [1.29, 1.82) is 0 Å². The lowest BCUT2D eigenvalue weighted by Gasteiger charge is -2.07. The molecule has 0 amide bonds. The van der Waals surface area contributed by atoms with Crippen molar-refractivity contribution in [2.75, 3.05) is 7.11 Å². The summed E-state index contributed by atoms with van der Waals surface area (Å²) in [6.45, 7) is 1.60. The second kappa shape index (κ2) is 4.48. The van der Waals surface area contributed by atoms with Crippen LogP contribution in [0.3, 0.4) is 0 Å². The van der Waals surface area contributed by atoms with E-state index in [9.17, 15) is 9.18 Å². The molecule has 0 saturated heterocycles. The largest absolute Gasteiger partial charge is 0.496 e. The minimum absolute atomic E-state index is 0.0510. The maximum Gasteiger partial charge on any atom is 0.353 e. The summed E-state index contributed by atoms with van der Waals surface area (Å²) in [5, 5.41) is 15.0. The average Bonchev–Trinajstić information content (AvgIpc) is 2.82. The second-order valence-corrected chi connectivity index (χ2v) is 3.76. The normalized spacial score (nSPS) is 10.4. The number of hydrogen-bond acceptors (Lipinski definition) is 3. The van der Waals surface area contributed by atoms with E-state index in [1.807, 2.05) is 0 Å². The number of aromatic carboxylic acids is 1. The first-order chi connectivity index (χ1) is 8.52. The van der Waals surface area contributed by atoms with E-state index in [0.29, 0.717) is 22.6 Å². The Kier molecular flexibility index (Phi) is 3.01. The van der Waals surface area contributed by atoms with Gasteiger partial charge in [-0.3, -0.25) is 5.10 Å². The van der Waals surface area contributed by atoms with Crippen LogP contribution >= 0.6 is 0 Å². The molecule has 0 atom stereocenters. The zero-order valence-corrected chi connectivity index (χ0v) is 9.82. The summed E-state index contributed by atoms with van der Waals surface area (Å²) in [5.41, 5.74) is 1.16. The fourth-order valence-electron chi connectivity index (χ4n) is 1.59. The van der Waals surface area contributed by atoms with Crippen LogP contribution in [0.1, 0.15) is 16.1 Å². The lowest BCUT2D eigenvalue weighted by molar-refractivity contribution is 0.0690. The highest BCUT2D eigenvalue weighted by Crippen LogP contribution is 2.28. The van der Waals surface area contributed by atoms with Crippen LogP contribution in [0, 0.1) is 12.7 Å². The number of aromatic amines is 1. The molecule has 1 aromatic heterocycles. The number of nitrogens with zero attached hydrogens (tertiary/aromatic N) is 1. The molecule has 0 saturated carbocycles. The van der Waals surface area contributed by atoms with Gasteiger partial charge >= 0.3 is 5.97 Å². The summed E-state index contributed by atoms with van der Waals surface area (Å²) in [4.78, 5) is 10.7. The van der Waals surface area contributed by atoms with Crippen LogP contribution in [-0.2, 0) is 0 Å². The summed E-state index contributed by atoms with van der Waals surface area (Å²) in [6, 6.07) is 4.24. The molecule has 1 aromatic carbocycles. The Labute approximate surface area is 102 Å². The van der Waals surface area contributed by atoms with E-state index in [-0.39, 0.29) is 5.69 Å². The molecule has 18 heavy (non-hydrogen) atoms. The van der Waals surface area contributed by atoms with Gasteiger partial charge in [0, 0.05) is 11.1 Å². The van der Waals surface area contributed by atoms with Crippen molar-refractivity contribution in [1.82, 2.24) is 10.2 Å². The predicted octanol–water partition coefficient (Wildman–Crippen LogP) is 2.23. The lowest BCUT2D eigenvalue weighted by atomic mass is 10.1. The third-order valence-electron chi connectivity index (χ3n) is 2.62. The van der Waals surface area contributed by atoms with E-state index >= 15 is 0 Å². The van der Waals surface area contributed by atoms with Gasteiger partial charge in [-0.1, -0.05) is 0 Å². The molecule has 1 heterocycles. The molecule has 2 N–H and O–H groups in total. The molecule has 0 radical (unpaired) electrons. The van der Waals surface area contributed by atoms with Gasteiger partial charge in [-0.2, -0.15) is 5.10 Å². The van der Waals surface area contributed by atoms with E-state index in [1.165, 1.54) is 19.2 Å². The molecule has 6 heteroatoms. The molecular formula is C12H11FN2O3. The first kappa shape index (κ1) is 12.1. The van der Waals surface area contributed by atoms with Crippen LogP contribution in [0.25, 0.3) is 11.3 Å². The van der Waals surface area contributed by atoms with Crippen molar-refractivity contribution in [3.8, 4) is 17.0 Å². The number of carbonyl (C=O) groups is 1. The third kappa shape index (κ3) is 2.04. The monoisotopic (exact) mass is 250 g/mol. The van der Waals surface area contributed by atoms with Crippen LogP contribution in [0.2, 0.25) is 0 Å². The number of carboxylic acid groups (broad SMARTS) is 1. The summed E-state index contributed by atoms with van der Waals surface area (Å²) >= 11 is 0. The number of ether oxygens (including phenoxy) is 1. The number of benzene rings is 1. The van der Waals surface area contributed by atoms with Crippen molar-refractivity contribution < 1.29 is 19.0 Å². The fourth-order valence-corrected chi connectivity index (χ4v) is 1.59. The van der Waals surface area contributed by atoms with Gasteiger partial charge in [-0.25, -0.2) is 9.18 Å². The van der Waals surface area contributed by atoms with Gasteiger partial charge in [0.15, 0.2) is 0 Å². The topological polar surface area (TPSA) is 75.2 Å². The van der Waals surface area contributed by atoms with Crippen LogP contribution in [0.4, 0.5) is 4.39 Å². The van der Waals surface area contributed by atoms with Crippen LogP contribution in [-0.4, -0.2) is 28.4 Å². The highest BCUT2D eigenvalue weighted by molar-refractivity contribution is 5.86. The first-order valence-corrected chi connectivity index (χ1v) is 5.16. The number of H-pyrrole nitrogens is 1. The Morgan fingerprint density at radius 2 is 2.17 bits per heavy atom. The Morgan fingerprint density at radius 3 is 2.72 bits per heavy atom. The minimum Gasteiger partial charge on any atom is -0.496 e. The Morgan fingerprint density at radius 1 is 1.44 bits per heavy atom. The predicted molar refractivity (Wildman–Crippen MR) is 62.2 cm³/mol. The third-order valence-corrected chi connectivity index (χ3v) is 2.62. The Balaban J connectivity index is 2.50. The van der Waals surface area contributed by atoms with Gasteiger partial charge in [0.25, 0.3) is 0 Å². The average molecular weight is 250 g/mol. The Hall–Kier alpha value is -2.37. The Bertz CT molecular complexity index is 607. The fraction of sp³-hybridized carbons (Fsp3) is 0.167. The van der Waals surface area contributed by atoms with Crippen molar-refractivity contribution in [3.63, 3.8) is 0 Å². The molecule has 0 aliphatic heterocycles. The number of halogens is 1. The van der Waals surface area contributed by atoms with Crippen LogP contribution < -0.4 is 4.74 Å². The van der Waals surface area contributed by atoms with Crippen LogP contribution in [0.15, 0.2) is 18.2 Å². The van der Waals surface area contributed by atoms with Crippen LogP contribution in [0.5, 0.6) is 5.75 Å². The van der Waals surface area contributed by atoms with E-state index in [0.717, 1.165) is 0 Å². The molecule has 0 aliphatic rings. The number of nitrogens with one attached hydrogen (secondary N) is 1. The van der Waals surface area contributed by atoms with E-state index in [2.05, 4.69) is 10.2 Å². The van der Waals surface area contributed by atoms with Crippen molar-refractivity contribution in [2.24, 2.45) is 0 Å². The van der Waals surface area contributed by atoms with E-state index in [1.54, 1.807) is 13.0 Å². The maximum atomic E-state index is 13.6. The molecule has 2 rings (SSSR count). The zero-order chi connectivity index (χ0) is 13.3. The van der Waals surface area contributed by atoms with Crippen molar-refractivity contribution >= 4 is 5.97 Å². The van der Waals surface area contributed by atoms with Gasteiger partial charge in [-0.15, -0.1) is 0 Å². The van der Waals surface area contributed by atoms with Gasteiger partial charge in [0.1, 0.15) is 17.3 Å². The SMILES string of the molecule is COc1cc(-c2cc(C(=O)O)[nH]n2)cc(F)c1C. The van der Waals surface area contributed by atoms with Crippen molar-refractivity contribution in [3.05, 3.63) is 35.3 Å². The smallest absolute Gasteiger partial charge is 0.353 e. The van der Waals surface area contributed by atoms with E-state index < -0.39 is 11.8 Å². The second-order valence-electron chi connectivity index (χ2n) is 3.76. The number of aromatic nitrogens is 2. The number of carboxylic acids is 1. The summed E-state index contributed by atoms with van der Waals surface area (Å²) in [7, 11) is 1.44. The first-order valence-electron chi connectivity index (χ1n) is 5.16. The quantitative estimate of drug-likeness (QED) is 0.875. The summed E-state index contributed by atoms with van der Waals surface area (Å²) in [5.74, 6) is -1.15. The number of methoxy groups -OCH3 is 1. The molecule has 0 aliphatic carbocycles. The standard InChI is InChI=1S/C12H11FN2O3/c1-6-8(13)3-7(4-11(6)18-2)9-5-10(12(16)17)15-14-9/h3-5H,1-2H3,(H,14,15)(H,16,17). The molecule has 0 bridgehead atoms. The van der Waals surface area contributed by atoms with E-state index in [4.69, 9.17) is 9.84 Å². The van der Waals surface area contributed by atoms with Gasteiger partial charge in [0.05, 0.1) is 12.8 Å². The molecule has 5 nitrogen and oxygen atoms in total. The molecule has 94 valence electrons. The molecule has 0 unspecified atom stereocenters. The van der Waals surface area contributed by atoms with Gasteiger partial charge < -0.3 is 9.84 Å². The van der Waals surface area contributed by atoms with Gasteiger partial charge in [-0.05, 0) is 25.1 Å². The minimum atomic E-state index is -1.12. The molecule has 0 fully saturated rings. The highest BCUT2D eigenvalue weighted by Gasteiger charge is 2.13. The molecule has 0 spiro atoms. The number of hydrogen-bond donors (Lipinski definition) is 2. The maximum absolute atomic E-state index is 13.6. The number of rotatable bonds is 3. The molecular weight excluding hydrogens is 239 g/mol. The highest BCUT2D eigenvalue weighted by atomic mass is 19.1. The zero-order valence-electron chi connectivity index (χ0n) is 9.82. The van der Waals surface area contributed by atoms with Crippen molar-refractivity contribution in [2.45, 2.75) is 6.92 Å².